The Hall–Kier alpha value is -1.25. The second-order valence-electron chi connectivity index (χ2n) is 8.45. The summed E-state index contributed by atoms with van der Waals surface area (Å²) in [7, 11) is 0. The molecule has 1 aromatic rings. The van der Waals surface area contributed by atoms with E-state index in [-0.39, 0.29) is 0 Å². The van der Waals surface area contributed by atoms with Gasteiger partial charge >= 0.3 is 0 Å². The molecule has 2 aliphatic rings. The third-order valence-electron chi connectivity index (χ3n) is 6.77. The van der Waals surface area contributed by atoms with Crippen LogP contribution in [-0.4, -0.2) is 0 Å². The van der Waals surface area contributed by atoms with Crippen molar-refractivity contribution >= 4 is 0 Å². The summed E-state index contributed by atoms with van der Waals surface area (Å²) < 4.78 is 38.6. The summed E-state index contributed by atoms with van der Waals surface area (Å²) in [5.41, 5.74) is 0.961. The highest BCUT2D eigenvalue weighted by Crippen LogP contribution is 2.40. The largest absolute Gasteiger partial charge is 0.216 e. The van der Waals surface area contributed by atoms with E-state index in [2.05, 4.69) is 0 Å². The van der Waals surface area contributed by atoms with Crippen molar-refractivity contribution in [3.8, 4) is 0 Å². The zero-order valence-corrected chi connectivity index (χ0v) is 15.6. The Morgan fingerprint density at radius 3 is 1.92 bits per heavy atom. The van der Waals surface area contributed by atoms with E-state index in [1.807, 2.05) is 0 Å². The van der Waals surface area contributed by atoms with Gasteiger partial charge in [0.2, 0.25) is 0 Å². The average molecular weight is 364 g/mol. The number of hydrogen-bond acceptors (Lipinski definition) is 0. The van der Waals surface area contributed by atoms with E-state index >= 15 is 0 Å². The fraction of sp³-hybridized carbons (Fsp3) is 0.652. The van der Waals surface area contributed by atoms with E-state index in [4.69, 9.17) is 0 Å². The Bertz CT molecular complexity index is 579. The molecule has 0 radical (unpaired) electrons. The predicted octanol–water partition coefficient (Wildman–Crippen LogP) is 7.70. The number of rotatable bonds is 6. The molecule has 0 nitrogen and oxygen atoms in total. The highest BCUT2D eigenvalue weighted by molar-refractivity contribution is 5.22. The fourth-order valence-electron chi connectivity index (χ4n) is 5.02. The van der Waals surface area contributed by atoms with E-state index < -0.39 is 11.6 Å². The molecule has 0 amide bonds. The van der Waals surface area contributed by atoms with Gasteiger partial charge in [0.15, 0.2) is 11.6 Å². The number of hydrogen-bond donors (Lipinski definition) is 0. The topological polar surface area (TPSA) is 0 Å². The Morgan fingerprint density at radius 1 is 0.769 bits per heavy atom. The van der Waals surface area contributed by atoms with Crippen molar-refractivity contribution in [1.82, 2.24) is 0 Å². The SMILES string of the molecule is FC=CCC1CCC(CCC2CCC(c3ccc(F)c(F)c3)CC2)CC1. The van der Waals surface area contributed by atoms with Crippen molar-refractivity contribution in [2.45, 2.75) is 76.5 Å². The Labute approximate surface area is 155 Å². The maximum Gasteiger partial charge on any atom is 0.159 e. The second-order valence-corrected chi connectivity index (χ2v) is 8.45. The summed E-state index contributed by atoms with van der Waals surface area (Å²) >= 11 is 0. The zero-order chi connectivity index (χ0) is 18.4. The lowest BCUT2D eigenvalue weighted by atomic mass is 9.74. The first-order valence-corrected chi connectivity index (χ1v) is 10.4. The molecule has 3 heteroatoms. The molecular formula is C23H31F3. The van der Waals surface area contributed by atoms with Gasteiger partial charge in [0, 0.05) is 0 Å². The third-order valence-corrected chi connectivity index (χ3v) is 6.77. The van der Waals surface area contributed by atoms with Crippen molar-refractivity contribution in [2.75, 3.05) is 0 Å². The summed E-state index contributed by atoms with van der Waals surface area (Å²) in [6.45, 7) is 0. The van der Waals surface area contributed by atoms with Gasteiger partial charge in [-0.1, -0.05) is 37.8 Å². The van der Waals surface area contributed by atoms with Crippen LogP contribution >= 0.6 is 0 Å². The number of allylic oxidation sites excluding steroid dienone is 1. The smallest absolute Gasteiger partial charge is 0.159 e. The maximum absolute atomic E-state index is 13.4. The second kappa shape index (κ2) is 9.62. The summed E-state index contributed by atoms with van der Waals surface area (Å²) in [5.74, 6) is 1.25. The van der Waals surface area contributed by atoms with Gasteiger partial charge in [-0.25, -0.2) is 13.2 Å². The van der Waals surface area contributed by atoms with Crippen LogP contribution < -0.4 is 0 Å². The first kappa shape index (κ1) is 19.5. The van der Waals surface area contributed by atoms with Crippen LogP contribution in [0, 0.1) is 29.4 Å². The van der Waals surface area contributed by atoms with Gasteiger partial charge < -0.3 is 0 Å². The summed E-state index contributed by atoms with van der Waals surface area (Å²) in [4.78, 5) is 0. The molecule has 0 saturated heterocycles. The molecule has 2 saturated carbocycles. The zero-order valence-electron chi connectivity index (χ0n) is 15.6. The van der Waals surface area contributed by atoms with Crippen molar-refractivity contribution in [3.63, 3.8) is 0 Å². The monoisotopic (exact) mass is 364 g/mol. The minimum Gasteiger partial charge on any atom is -0.216 e. The van der Waals surface area contributed by atoms with Gasteiger partial charge in [-0.2, -0.15) is 0 Å². The maximum atomic E-state index is 13.4. The molecule has 0 atom stereocenters. The van der Waals surface area contributed by atoms with Gasteiger partial charge in [0.1, 0.15) is 0 Å². The molecule has 0 aromatic heterocycles. The van der Waals surface area contributed by atoms with Crippen molar-refractivity contribution < 1.29 is 13.2 Å². The van der Waals surface area contributed by atoms with E-state index in [9.17, 15) is 13.2 Å². The first-order valence-electron chi connectivity index (χ1n) is 10.4. The molecule has 0 spiro atoms. The fourth-order valence-corrected chi connectivity index (χ4v) is 5.02. The highest BCUT2D eigenvalue weighted by atomic mass is 19.2. The van der Waals surface area contributed by atoms with E-state index in [1.54, 1.807) is 12.1 Å². The van der Waals surface area contributed by atoms with Crippen LogP contribution in [0.1, 0.15) is 82.1 Å². The van der Waals surface area contributed by atoms with Gasteiger partial charge in [0.05, 0.1) is 6.33 Å². The normalized spacial score (nSPS) is 30.0. The lowest BCUT2D eigenvalue weighted by Gasteiger charge is -2.32. The third kappa shape index (κ3) is 5.37. The standard InChI is InChI=1S/C23H31F3/c24-15-1-2-17-3-5-18(6-4-17)7-8-19-9-11-20(12-10-19)21-13-14-22(25)23(26)16-21/h1,13-20H,2-12H2. The van der Waals surface area contributed by atoms with Crippen LogP contribution in [0.4, 0.5) is 13.2 Å². The Balaban J connectivity index is 1.36. The highest BCUT2D eigenvalue weighted by Gasteiger charge is 2.25. The van der Waals surface area contributed by atoms with Crippen molar-refractivity contribution in [2.24, 2.45) is 17.8 Å². The number of halogens is 3. The molecule has 26 heavy (non-hydrogen) atoms. The summed E-state index contributed by atoms with van der Waals surface area (Å²) in [5, 5.41) is 0. The molecule has 0 aliphatic heterocycles. The minimum atomic E-state index is -0.752. The van der Waals surface area contributed by atoms with Gasteiger partial charge in [0.25, 0.3) is 0 Å². The molecule has 0 N–H and O–H groups in total. The molecule has 2 fully saturated rings. The molecule has 3 rings (SSSR count). The number of benzene rings is 1. The first-order chi connectivity index (χ1) is 12.7. The minimum absolute atomic E-state index is 0.389. The van der Waals surface area contributed by atoms with E-state index in [0.29, 0.717) is 18.2 Å². The van der Waals surface area contributed by atoms with Crippen LogP contribution in [0.5, 0.6) is 0 Å². The predicted molar refractivity (Wildman–Crippen MR) is 101 cm³/mol. The quantitative estimate of drug-likeness (QED) is 0.485. The van der Waals surface area contributed by atoms with Crippen LogP contribution in [-0.2, 0) is 0 Å². The molecular weight excluding hydrogens is 333 g/mol. The van der Waals surface area contributed by atoms with E-state index in [1.165, 1.54) is 63.5 Å². The van der Waals surface area contributed by atoms with Gasteiger partial charge in [-0.05, 0) is 86.3 Å². The van der Waals surface area contributed by atoms with E-state index in [0.717, 1.165) is 36.7 Å². The Kier molecular flexibility index (Phi) is 7.22. The average Bonchev–Trinajstić information content (AvgIpc) is 2.68. The Morgan fingerprint density at radius 2 is 1.35 bits per heavy atom. The summed E-state index contributed by atoms with van der Waals surface area (Å²) in [6, 6.07) is 4.40. The van der Waals surface area contributed by atoms with Crippen LogP contribution in [0.3, 0.4) is 0 Å². The van der Waals surface area contributed by atoms with Crippen molar-refractivity contribution in [1.29, 1.82) is 0 Å². The lowest BCUT2D eigenvalue weighted by molar-refractivity contribution is 0.231. The van der Waals surface area contributed by atoms with Crippen LogP contribution in [0.2, 0.25) is 0 Å². The van der Waals surface area contributed by atoms with Gasteiger partial charge in [-0.3, -0.25) is 0 Å². The van der Waals surface area contributed by atoms with Crippen LogP contribution in [0.15, 0.2) is 30.6 Å². The molecule has 0 unspecified atom stereocenters. The molecule has 0 bridgehead atoms. The van der Waals surface area contributed by atoms with Gasteiger partial charge in [-0.15, -0.1) is 0 Å². The van der Waals surface area contributed by atoms with Crippen molar-refractivity contribution in [3.05, 3.63) is 47.8 Å². The summed E-state index contributed by atoms with van der Waals surface area (Å²) in [6.07, 6.45) is 15.6. The van der Waals surface area contributed by atoms with Crippen LogP contribution in [0.25, 0.3) is 0 Å². The molecule has 0 heterocycles. The lowest BCUT2D eigenvalue weighted by Crippen LogP contribution is -2.17. The molecule has 1 aromatic carbocycles. The molecule has 144 valence electrons. The molecule has 2 aliphatic carbocycles.